The average molecular weight is 483 g/mol. The van der Waals surface area contributed by atoms with Crippen LogP contribution in [0.1, 0.15) is 32.4 Å². The molecular weight excluding hydrogens is 462 g/mol. The number of carbonyl (C=O) groups excluding carboxylic acids is 4. The molecule has 0 saturated carbocycles. The van der Waals surface area contributed by atoms with Gasteiger partial charge in [-0.25, -0.2) is 4.90 Å². The van der Waals surface area contributed by atoms with Crippen molar-refractivity contribution >= 4 is 29.1 Å². The number of ketones is 2. The number of ether oxygens (including phenoxy) is 3. The minimum absolute atomic E-state index is 0.194. The number of methoxy groups -OCH3 is 2. The van der Waals surface area contributed by atoms with Crippen LogP contribution >= 0.6 is 0 Å². The summed E-state index contributed by atoms with van der Waals surface area (Å²) in [5.41, 5.74) is -0.849. The van der Waals surface area contributed by atoms with Gasteiger partial charge in [0.05, 0.1) is 37.8 Å². The normalized spacial score (nSPS) is 23.8. The monoisotopic (exact) mass is 483 g/mol. The van der Waals surface area contributed by atoms with Crippen molar-refractivity contribution in [2.45, 2.75) is 11.7 Å². The van der Waals surface area contributed by atoms with Crippen LogP contribution in [0.4, 0.5) is 5.69 Å². The van der Waals surface area contributed by atoms with Crippen LogP contribution in [0.5, 0.6) is 11.5 Å². The Hall–Kier alpha value is -4.30. The van der Waals surface area contributed by atoms with Crippen molar-refractivity contribution in [1.82, 2.24) is 0 Å². The van der Waals surface area contributed by atoms with Gasteiger partial charge in [0.15, 0.2) is 11.5 Å². The van der Waals surface area contributed by atoms with Gasteiger partial charge in [0.2, 0.25) is 29.0 Å². The second-order valence-electron chi connectivity index (χ2n) is 8.94. The SMILES string of the molecule is COc1ccc(N2C(=O)[C@H]3[C@@H](C2=O)C2(O[C@H]3c3ccccc3)C(=O)c3ccccc3C2=O)cc1OC. The number of Topliss-reactive ketones (excluding diaryl/α,β-unsaturated/α-hetero) is 2. The van der Waals surface area contributed by atoms with Gasteiger partial charge in [0, 0.05) is 17.2 Å². The molecule has 6 rings (SSSR count). The van der Waals surface area contributed by atoms with Gasteiger partial charge < -0.3 is 14.2 Å². The maximum absolute atomic E-state index is 14.0. The highest BCUT2D eigenvalue weighted by molar-refractivity contribution is 6.37. The Kier molecular flexibility index (Phi) is 4.84. The van der Waals surface area contributed by atoms with E-state index in [0.717, 1.165) is 4.90 Å². The number of benzene rings is 3. The lowest BCUT2D eigenvalue weighted by molar-refractivity contribution is -0.127. The first kappa shape index (κ1) is 22.2. The van der Waals surface area contributed by atoms with Gasteiger partial charge in [-0.1, -0.05) is 54.6 Å². The van der Waals surface area contributed by atoms with Crippen LogP contribution in [-0.4, -0.2) is 43.2 Å². The number of hydrogen-bond donors (Lipinski definition) is 0. The van der Waals surface area contributed by atoms with Crippen LogP contribution in [0.25, 0.3) is 0 Å². The molecule has 2 fully saturated rings. The number of rotatable bonds is 4. The molecule has 0 N–H and O–H groups in total. The number of nitrogens with zero attached hydrogens (tertiary/aromatic N) is 1. The molecule has 0 aromatic heterocycles. The Balaban J connectivity index is 1.52. The Morgan fingerprint density at radius 3 is 1.97 bits per heavy atom. The third-order valence-corrected chi connectivity index (χ3v) is 7.27. The molecule has 36 heavy (non-hydrogen) atoms. The van der Waals surface area contributed by atoms with Crippen LogP contribution in [0.15, 0.2) is 72.8 Å². The van der Waals surface area contributed by atoms with Crippen LogP contribution in [0.3, 0.4) is 0 Å². The molecule has 3 aromatic carbocycles. The Bertz CT molecular complexity index is 1410. The quantitative estimate of drug-likeness (QED) is 0.414. The zero-order valence-electron chi connectivity index (χ0n) is 19.5. The maximum atomic E-state index is 14.0. The maximum Gasteiger partial charge on any atom is 0.241 e. The zero-order chi connectivity index (χ0) is 25.2. The largest absolute Gasteiger partial charge is 0.493 e. The number of carbonyl (C=O) groups is 4. The second kappa shape index (κ2) is 7.86. The number of anilines is 1. The van der Waals surface area contributed by atoms with Gasteiger partial charge in [0.25, 0.3) is 0 Å². The number of amides is 2. The fraction of sp³-hybridized carbons (Fsp3) is 0.214. The molecule has 0 bridgehead atoms. The van der Waals surface area contributed by atoms with Gasteiger partial charge >= 0.3 is 0 Å². The molecule has 3 aromatic rings. The molecule has 2 aliphatic heterocycles. The highest BCUT2D eigenvalue weighted by Crippen LogP contribution is 2.57. The van der Waals surface area contributed by atoms with E-state index in [1.54, 1.807) is 60.7 Å². The first-order chi connectivity index (χ1) is 17.4. The number of imide groups is 1. The van der Waals surface area contributed by atoms with E-state index in [9.17, 15) is 19.2 Å². The molecule has 2 saturated heterocycles. The Morgan fingerprint density at radius 1 is 0.750 bits per heavy atom. The molecule has 2 amide bonds. The Morgan fingerprint density at radius 2 is 1.36 bits per heavy atom. The fourth-order valence-corrected chi connectivity index (χ4v) is 5.68. The third-order valence-electron chi connectivity index (χ3n) is 7.27. The zero-order valence-corrected chi connectivity index (χ0v) is 19.5. The van der Waals surface area contributed by atoms with Gasteiger partial charge in [0.1, 0.15) is 0 Å². The van der Waals surface area contributed by atoms with Gasteiger partial charge in [-0.15, -0.1) is 0 Å². The Labute approximate surface area is 206 Å². The van der Waals surface area contributed by atoms with E-state index in [0.29, 0.717) is 17.1 Å². The van der Waals surface area contributed by atoms with Crippen molar-refractivity contribution in [2.75, 3.05) is 19.1 Å². The summed E-state index contributed by atoms with van der Waals surface area (Å²) in [6, 6.07) is 20.0. The van der Waals surface area contributed by atoms with Crippen molar-refractivity contribution in [3.63, 3.8) is 0 Å². The first-order valence-corrected chi connectivity index (χ1v) is 11.4. The van der Waals surface area contributed by atoms with E-state index in [2.05, 4.69) is 0 Å². The van der Waals surface area contributed by atoms with Gasteiger partial charge in [-0.2, -0.15) is 0 Å². The van der Waals surface area contributed by atoms with E-state index in [1.165, 1.54) is 20.3 Å². The molecule has 1 aliphatic carbocycles. The lowest BCUT2D eigenvalue weighted by Crippen LogP contribution is -2.51. The summed E-state index contributed by atoms with van der Waals surface area (Å²) in [5.74, 6) is -3.99. The predicted octanol–water partition coefficient (Wildman–Crippen LogP) is 3.40. The summed E-state index contributed by atoms with van der Waals surface area (Å²) >= 11 is 0. The van der Waals surface area contributed by atoms with E-state index in [4.69, 9.17) is 14.2 Å². The molecule has 3 aliphatic rings. The minimum atomic E-state index is -2.10. The lowest BCUT2D eigenvalue weighted by atomic mass is 9.77. The smallest absolute Gasteiger partial charge is 0.241 e. The molecule has 3 atom stereocenters. The second-order valence-corrected chi connectivity index (χ2v) is 8.94. The summed E-state index contributed by atoms with van der Waals surface area (Å²) < 4.78 is 16.9. The molecule has 0 unspecified atom stereocenters. The summed E-state index contributed by atoms with van der Waals surface area (Å²) in [7, 11) is 2.93. The minimum Gasteiger partial charge on any atom is -0.493 e. The fourth-order valence-electron chi connectivity index (χ4n) is 5.68. The van der Waals surface area contributed by atoms with Crippen molar-refractivity contribution in [3.05, 3.63) is 89.5 Å². The van der Waals surface area contributed by atoms with E-state index in [1.807, 2.05) is 6.07 Å². The van der Waals surface area contributed by atoms with Crippen molar-refractivity contribution in [2.24, 2.45) is 11.8 Å². The highest BCUT2D eigenvalue weighted by Gasteiger charge is 2.74. The molecule has 8 nitrogen and oxygen atoms in total. The van der Waals surface area contributed by atoms with E-state index in [-0.39, 0.29) is 16.8 Å². The predicted molar refractivity (Wildman–Crippen MR) is 127 cm³/mol. The van der Waals surface area contributed by atoms with Crippen LogP contribution in [0.2, 0.25) is 0 Å². The topological polar surface area (TPSA) is 99.2 Å². The molecular formula is C28H21NO7. The van der Waals surface area contributed by atoms with Gasteiger partial charge in [-0.05, 0) is 17.7 Å². The van der Waals surface area contributed by atoms with Crippen LogP contribution < -0.4 is 14.4 Å². The van der Waals surface area contributed by atoms with E-state index >= 15 is 0 Å². The number of hydrogen-bond acceptors (Lipinski definition) is 7. The molecule has 1 spiro atoms. The summed E-state index contributed by atoms with van der Waals surface area (Å²) in [5, 5.41) is 0. The summed E-state index contributed by atoms with van der Waals surface area (Å²) in [6.07, 6.45) is -0.958. The highest BCUT2D eigenvalue weighted by atomic mass is 16.5. The standard InChI is InChI=1S/C28H21NO7/c1-34-19-13-12-16(14-20(19)35-2)29-26(32)21-22(27(29)33)28(36-23(21)15-8-4-3-5-9-15)24(30)17-10-6-7-11-18(17)25(28)31/h3-14,21-23H,1-2H3/t21-,22-,23-/m0/s1. The average Bonchev–Trinajstić information content (AvgIpc) is 3.48. The molecule has 8 heteroatoms. The molecule has 180 valence electrons. The van der Waals surface area contributed by atoms with Crippen LogP contribution in [0, 0.1) is 11.8 Å². The molecule has 0 radical (unpaired) electrons. The third kappa shape index (κ3) is 2.73. The lowest BCUT2D eigenvalue weighted by Gasteiger charge is -2.27. The van der Waals surface area contributed by atoms with Crippen LogP contribution in [-0.2, 0) is 14.3 Å². The van der Waals surface area contributed by atoms with Crippen molar-refractivity contribution < 1.29 is 33.4 Å². The first-order valence-electron chi connectivity index (χ1n) is 11.4. The summed E-state index contributed by atoms with van der Waals surface area (Å²) in [6.45, 7) is 0. The van der Waals surface area contributed by atoms with Crippen molar-refractivity contribution in [3.8, 4) is 11.5 Å². The number of fused-ring (bicyclic) bond motifs is 3. The van der Waals surface area contributed by atoms with Gasteiger partial charge in [-0.3, -0.25) is 19.2 Å². The summed E-state index contributed by atoms with van der Waals surface area (Å²) in [4.78, 5) is 56.4. The van der Waals surface area contributed by atoms with E-state index < -0.39 is 46.9 Å². The van der Waals surface area contributed by atoms with Crippen molar-refractivity contribution in [1.29, 1.82) is 0 Å². The molecule has 2 heterocycles.